The SMILES string of the molecule is COC(=O)c1cccc(N)c1Nc1cc(C)c(Br)c(C)c1. The summed E-state index contributed by atoms with van der Waals surface area (Å²) in [5.41, 5.74) is 10.5. The second-order valence-electron chi connectivity index (χ2n) is 4.81. The first-order chi connectivity index (χ1) is 9.93. The van der Waals surface area contributed by atoms with Gasteiger partial charge in [-0.05, 0) is 49.2 Å². The molecule has 0 heterocycles. The highest BCUT2D eigenvalue weighted by atomic mass is 79.9. The molecular weight excluding hydrogens is 332 g/mol. The number of nitrogen functional groups attached to an aromatic ring is 1. The Labute approximate surface area is 132 Å². The number of nitrogens with two attached hydrogens (primary N) is 1. The van der Waals surface area contributed by atoms with Crippen molar-refractivity contribution in [2.45, 2.75) is 13.8 Å². The number of rotatable bonds is 3. The third-order valence-electron chi connectivity index (χ3n) is 3.21. The van der Waals surface area contributed by atoms with Crippen molar-refractivity contribution >= 4 is 39.0 Å². The molecule has 2 aromatic carbocycles. The Morgan fingerprint density at radius 3 is 2.43 bits per heavy atom. The van der Waals surface area contributed by atoms with E-state index in [1.165, 1.54) is 7.11 Å². The summed E-state index contributed by atoms with van der Waals surface area (Å²) < 4.78 is 5.87. The van der Waals surface area contributed by atoms with Gasteiger partial charge in [-0.1, -0.05) is 22.0 Å². The molecule has 0 radical (unpaired) electrons. The molecule has 110 valence electrons. The number of para-hydroxylation sites is 1. The molecule has 0 amide bonds. The average molecular weight is 349 g/mol. The van der Waals surface area contributed by atoms with Crippen molar-refractivity contribution in [1.29, 1.82) is 0 Å². The number of anilines is 3. The molecule has 2 rings (SSSR count). The zero-order chi connectivity index (χ0) is 15.6. The van der Waals surface area contributed by atoms with E-state index in [2.05, 4.69) is 21.2 Å². The summed E-state index contributed by atoms with van der Waals surface area (Å²) >= 11 is 3.54. The van der Waals surface area contributed by atoms with Crippen LogP contribution in [0.5, 0.6) is 0 Å². The van der Waals surface area contributed by atoms with Gasteiger partial charge in [0.15, 0.2) is 0 Å². The molecule has 4 nitrogen and oxygen atoms in total. The highest BCUT2D eigenvalue weighted by molar-refractivity contribution is 9.10. The van der Waals surface area contributed by atoms with Gasteiger partial charge >= 0.3 is 5.97 Å². The fraction of sp³-hybridized carbons (Fsp3) is 0.188. The minimum Gasteiger partial charge on any atom is -0.465 e. The molecule has 0 spiro atoms. The standard InChI is InChI=1S/C16H17BrN2O2/c1-9-7-11(8-10(2)14(9)17)19-15-12(16(20)21-3)5-4-6-13(15)18/h4-8,19H,18H2,1-3H3. The Morgan fingerprint density at radius 1 is 1.24 bits per heavy atom. The molecule has 0 unspecified atom stereocenters. The van der Waals surface area contributed by atoms with Crippen molar-refractivity contribution in [3.63, 3.8) is 0 Å². The largest absolute Gasteiger partial charge is 0.465 e. The van der Waals surface area contributed by atoms with Crippen LogP contribution >= 0.6 is 15.9 Å². The number of ether oxygens (including phenoxy) is 1. The van der Waals surface area contributed by atoms with Crippen LogP contribution in [0, 0.1) is 13.8 Å². The minimum atomic E-state index is -0.421. The molecule has 0 aromatic heterocycles. The molecule has 2 aromatic rings. The number of carbonyl (C=O) groups is 1. The van der Waals surface area contributed by atoms with E-state index in [0.717, 1.165) is 21.3 Å². The molecule has 0 aliphatic carbocycles. The zero-order valence-electron chi connectivity index (χ0n) is 12.2. The summed E-state index contributed by atoms with van der Waals surface area (Å²) in [6.07, 6.45) is 0. The van der Waals surface area contributed by atoms with Gasteiger partial charge in [-0.15, -0.1) is 0 Å². The molecule has 0 fully saturated rings. The van der Waals surface area contributed by atoms with Crippen molar-refractivity contribution in [2.24, 2.45) is 0 Å². The fourth-order valence-corrected chi connectivity index (χ4v) is 2.38. The van der Waals surface area contributed by atoms with E-state index < -0.39 is 5.97 Å². The summed E-state index contributed by atoms with van der Waals surface area (Å²) in [6, 6.07) is 9.14. The maximum Gasteiger partial charge on any atom is 0.340 e. The lowest BCUT2D eigenvalue weighted by molar-refractivity contribution is 0.0602. The number of hydrogen-bond acceptors (Lipinski definition) is 4. The molecule has 0 atom stereocenters. The van der Waals surface area contributed by atoms with Crippen LogP contribution in [0.15, 0.2) is 34.8 Å². The van der Waals surface area contributed by atoms with Crippen molar-refractivity contribution in [1.82, 2.24) is 0 Å². The van der Waals surface area contributed by atoms with Gasteiger partial charge in [0.1, 0.15) is 0 Å². The summed E-state index contributed by atoms with van der Waals surface area (Å²) in [5, 5.41) is 3.22. The van der Waals surface area contributed by atoms with Crippen molar-refractivity contribution in [3.8, 4) is 0 Å². The quantitative estimate of drug-likeness (QED) is 0.645. The van der Waals surface area contributed by atoms with Crippen LogP contribution in [-0.2, 0) is 4.74 Å². The second kappa shape index (κ2) is 6.18. The molecular formula is C16H17BrN2O2. The second-order valence-corrected chi connectivity index (χ2v) is 5.60. The number of aryl methyl sites for hydroxylation is 2. The van der Waals surface area contributed by atoms with E-state index in [-0.39, 0.29) is 0 Å². The van der Waals surface area contributed by atoms with Crippen LogP contribution in [0.3, 0.4) is 0 Å². The van der Waals surface area contributed by atoms with Gasteiger partial charge < -0.3 is 15.8 Å². The van der Waals surface area contributed by atoms with E-state index in [0.29, 0.717) is 16.9 Å². The van der Waals surface area contributed by atoms with Crippen LogP contribution in [0.4, 0.5) is 17.1 Å². The first-order valence-corrected chi connectivity index (χ1v) is 7.24. The number of hydrogen-bond donors (Lipinski definition) is 2. The lowest BCUT2D eigenvalue weighted by atomic mass is 10.1. The highest BCUT2D eigenvalue weighted by Crippen LogP contribution is 2.31. The fourth-order valence-electron chi connectivity index (χ4n) is 2.15. The molecule has 21 heavy (non-hydrogen) atoms. The van der Waals surface area contributed by atoms with Crippen LogP contribution < -0.4 is 11.1 Å². The molecule has 5 heteroatoms. The normalized spacial score (nSPS) is 10.3. The number of methoxy groups -OCH3 is 1. The molecule has 0 aliphatic rings. The number of halogens is 1. The van der Waals surface area contributed by atoms with Gasteiger partial charge in [-0.2, -0.15) is 0 Å². The third-order valence-corrected chi connectivity index (χ3v) is 4.46. The maximum absolute atomic E-state index is 11.8. The smallest absolute Gasteiger partial charge is 0.340 e. The van der Waals surface area contributed by atoms with E-state index in [1.807, 2.05) is 26.0 Å². The van der Waals surface area contributed by atoms with Gasteiger partial charge in [-0.3, -0.25) is 0 Å². The summed E-state index contributed by atoms with van der Waals surface area (Å²) in [5.74, 6) is -0.421. The minimum absolute atomic E-state index is 0.413. The van der Waals surface area contributed by atoms with Crippen LogP contribution in [-0.4, -0.2) is 13.1 Å². The van der Waals surface area contributed by atoms with Crippen molar-refractivity contribution < 1.29 is 9.53 Å². The van der Waals surface area contributed by atoms with E-state index in [9.17, 15) is 4.79 Å². The molecule has 0 aliphatic heterocycles. The molecule has 0 saturated heterocycles. The number of benzene rings is 2. The third kappa shape index (κ3) is 3.19. The molecule has 0 bridgehead atoms. The maximum atomic E-state index is 11.8. The summed E-state index contributed by atoms with van der Waals surface area (Å²) in [4.78, 5) is 11.8. The molecule has 3 N–H and O–H groups in total. The lowest BCUT2D eigenvalue weighted by Crippen LogP contribution is -2.08. The Balaban J connectivity index is 2.47. The van der Waals surface area contributed by atoms with Gasteiger partial charge in [0, 0.05) is 10.2 Å². The Bertz CT molecular complexity index is 676. The predicted octanol–water partition coefficient (Wildman–Crippen LogP) is 4.18. The van der Waals surface area contributed by atoms with Crippen LogP contribution in [0.1, 0.15) is 21.5 Å². The van der Waals surface area contributed by atoms with Gasteiger partial charge in [0.2, 0.25) is 0 Å². The summed E-state index contributed by atoms with van der Waals surface area (Å²) in [6.45, 7) is 4.02. The van der Waals surface area contributed by atoms with Gasteiger partial charge in [-0.25, -0.2) is 4.79 Å². The van der Waals surface area contributed by atoms with Crippen LogP contribution in [0.25, 0.3) is 0 Å². The van der Waals surface area contributed by atoms with Gasteiger partial charge in [0.25, 0.3) is 0 Å². The van der Waals surface area contributed by atoms with Crippen molar-refractivity contribution in [2.75, 3.05) is 18.2 Å². The monoisotopic (exact) mass is 348 g/mol. The number of esters is 1. The van der Waals surface area contributed by atoms with E-state index in [4.69, 9.17) is 10.5 Å². The first-order valence-electron chi connectivity index (χ1n) is 6.44. The Hall–Kier alpha value is -2.01. The Morgan fingerprint density at radius 2 is 1.86 bits per heavy atom. The molecule has 0 saturated carbocycles. The lowest BCUT2D eigenvalue weighted by Gasteiger charge is -2.15. The predicted molar refractivity (Wildman–Crippen MR) is 89.1 cm³/mol. The number of nitrogens with one attached hydrogen (secondary N) is 1. The van der Waals surface area contributed by atoms with Crippen molar-refractivity contribution in [3.05, 3.63) is 51.5 Å². The summed E-state index contributed by atoms with van der Waals surface area (Å²) in [7, 11) is 1.35. The average Bonchev–Trinajstić information content (AvgIpc) is 2.46. The van der Waals surface area contributed by atoms with Gasteiger partial charge in [0.05, 0.1) is 24.0 Å². The van der Waals surface area contributed by atoms with Crippen LogP contribution in [0.2, 0.25) is 0 Å². The Kier molecular flexibility index (Phi) is 4.53. The van der Waals surface area contributed by atoms with E-state index >= 15 is 0 Å². The first kappa shape index (κ1) is 15.4. The topological polar surface area (TPSA) is 64.3 Å². The zero-order valence-corrected chi connectivity index (χ0v) is 13.7. The highest BCUT2D eigenvalue weighted by Gasteiger charge is 2.15. The number of carbonyl (C=O) groups excluding carboxylic acids is 1. The van der Waals surface area contributed by atoms with E-state index in [1.54, 1.807) is 18.2 Å².